The minimum atomic E-state index is -0.511. The van der Waals surface area contributed by atoms with Crippen LogP contribution in [0.15, 0.2) is 72.8 Å². The molecule has 2 heterocycles. The van der Waals surface area contributed by atoms with Crippen molar-refractivity contribution >= 4 is 11.8 Å². The number of nitrogens with zero attached hydrogens (tertiary/aromatic N) is 2. The van der Waals surface area contributed by atoms with Gasteiger partial charge in [-0.25, -0.2) is 8.78 Å². The normalized spacial score (nSPS) is 22.0. The van der Waals surface area contributed by atoms with Crippen molar-refractivity contribution in [2.24, 2.45) is 0 Å². The Balaban J connectivity index is 1.40. The van der Waals surface area contributed by atoms with Crippen LogP contribution in [0.2, 0.25) is 0 Å². The zero-order valence-corrected chi connectivity index (χ0v) is 17.7. The number of carbonyl (C=O) groups excluding carboxylic acids is 2. The Morgan fingerprint density at radius 3 is 2.45 bits per heavy atom. The quantitative estimate of drug-likeness (QED) is 0.665. The van der Waals surface area contributed by atoms with Gasteiger partial charge in [0.25, 0.3) is 5.91 Å². The highest BCUT2D eigenvalue weighted by molar-refractivity contribution is 5.97. The van der Waals surface area contributed by atoms with Crippen LogP contribution < -0.4 is 0 Å². The second-order valence-corrected chi connectivity index (χ2v) is 8.44. The Morgan fingerprint density at radius 1 is 1.00 bits per heavy atom. The number of fused-ring (bicyclic) bond motifs is 1. The Bertz CT molecular complexity index is 1210. The first-order valence-corrected chi connectivity index (χ1v) is 10.8. The fraction of sp³-hybridized carbons (Fsp3) is 0.231. The van der Waals surface area contributed by atoms with Crippen LogP contribution in [0, 0.1) is 11.6 Å². The minimum Gasteiger partial charge on any atom is -0.394 e. The third kappa shape index (κ3) is 3.68. The van der Waals surface area contributed by atoms with Crippen LogP contribution in [0.3, 0.4) is 0 Å². The summed E-state index contributed by atoms with van der Waals surface area (Å²) < 4.78 is 27.7. The molecule has 0 saturated carbocycles. The summed E-state index contributed by atoms with van der Waals surface area (Å²) in [6.07, 6.45) is 0. The van der Waals surface area contributed by atoms with Gasteiger partial charge >= 0.3 is 0 Å². The molecular formula is C26H22F2N2O3. The van der Waals surface area contributed by atoms with Crippen LogP contribution >= 0.6 is 0 Å². The molecule has 2 aliphatic rings. The van der Waals surface area contributed by atoms with E-state index in [1.165, 1.54) is 29.2 Å². The van der Waals surface area contributed by atoms with E-state index in [1.807, 2.05) is 24.3 Å². The number of hydrogen-bond donors (Lipinski definition) is 1. The summed E-state index contributed by atoms with van der Waals surface area (Å²) in [5.41, 5.74) is 2.33. The highest BCUT2D eigenvalue weighted by atomic mass is 19.1. The molecule has 2 saturated heterocycles. The SMILES string of the molecule is O=C(c1cccc(F)c1)N1CC(=O)N2[C@H](C1)[C@@H](c1ccc(-c3ccccc3F)cc1)[C@@H]2CO. The molecule has 0 unspecified atom stereocenters. The lowest BCUT2D eigenvalue weighted by atomic mass is 9.73. The largest absolute Gasteiger partial charge is 0.394 e. The summed E-state index contributed by atoms with van der Waals surface area (Å²) in [4.78, 5) is 28.8. The summed E-state index contributed by atoms with van der Waals surface area (Å²) in [6.45, 7) is -0.0155. The molecule has 33 heavy (non-hydrogen) atoms. The smallest absolute Gasteiger partial charge is 0.254 e. The standard InChI is InChI=1S/C26H22F2N2O3/c27-19-5-3-4-18(12-19)26(33)29-13-22-25(23(15-31)30(22)24(32)14-29)17-10-8-16(9-11-17)20-6-1-2-7-21(20)28/h1-12,22-23,25,31H,13-15H2/t22-,23+,25-/m1/s1. The third-order valence-corrected chi connectivity index (χ3v) is 6.59. The van der Waals surface area contributed by atoms with Gasteiger partial charge in [0.15, 0.2) is 0 Å². The monoisotopic (exact) mass is 448 g/mol. The number of aliphatic hydroxyl groups is 1. The van der Waals surface area contributed by atoms with Crippen molar-refractivity contribution < 1.29 is 23.5 Å². The van der Waals surface area contributed by atoms with Crippen molar-refractivity contribution in [3.63, 3.8) is 0 Å². The van der Waals surface area contributed by atoms with Gasteiger partial charge in [-0.2, -0.15) is 0 Å². The van der Waals surface area contributed by atoms with Crippen LogP contribution in [-0.2, 0) is 4.79 Å². The van der Waals surface area contributed by atoms with Crippen LogP contribution in [0.1, 0.15) is 21.8 Å². The van der Waals surface area contributed by atoms with Crippen molar-refractivity contribution in [3.05, 3.63) is 95.6 Å². The Morgan fingerprint density at radius 2 is 1.76 bits per heavy atom. The summed E-state index contributed by atoms with van der Waals surface area (Å²) in [5.74, 6) is -1.63. The molecule has 2 fully saturated rings. The lowest BCUT2D eigenvalue weighted by Crippen LogP contribution is -2.73. The van der Waals surface area contributed by atoms with Crippen molar-refractivity contribution in [2.75, 3.05) is 19.7 Å². The van der Waals surface area contributed by atoms with Crippen LogP contribution in [0.25, 0.3) is 11.1 Å². The zero-order valence-electron chi connectivity index (χ0n) is 17.7. The molecule has 0 bridgehead atoms. The van der Waals surface area contributed by atoms with E-state index in [2.05, 4.69) is 0 Å². The topological polar surface area (TPSA) is 60.9 Å². The molecule has 7 heteroatoms. The summed E-state index contributed by atoms with van der Waals surface area (Å²) >= 11 is 0. The van der Waals surface area contributed by atoms with E-state index in [0.29, 0.717) is 5.56 Å². The van der Waals surface area contributed by atoms with E-state index in [0.717, 1.165) is 17.2 Å². The first-order chi connectivity index (χ1) is 16.0. The maximum atomic E-state index is 14.1. The molecule has 0 aromatic heterocycles. The molecule has 0 spiro atoms. The lowest BCUT2D eigenvalue weighted by Gasteiger charge is -2.58. The average Bonchev–Trinajstić information content (AvgIpc) is 2.81. The average molecular weight is 448 g/mol. The van der Waals surface area contributed by atoms with Gasteiger partial charge in [0, 0.05) is 23.6 Å². The highest BCUT2D eigenvalue weighted by Gasteiger charge is 2.54. The van der Waals surface area contributed by atoms with Gasteiger partial charge in [0.1, 0.15) is 18.2 Å². The lowest BCUT2D eigenvalue weighted by molar-refractivity contribution is -0.159. The summed E-state index contributed by atoms with van der Waals surface area (Å²) in [6, 6.07) is 18.7. The number of aliphatic hydroxyl groups excluding tert-OH is 1. The molecule has 5 nitrogen and oxygen atoms in total. The van der Waals surface area contributed by atoms with E-state index >= 15 is 0 Å². The molecule has 3 atom stereocenters. The molecule has 1 N–H and O–H groups in total. The van der Waals surface area contributed by atoms with Crippen molar-refractivity contribution in [2.45, 2.75) is 18.0 Å². The molecule has 2 aliphatic heterocycles. The number of halogens is 2. The second-order valence-electron chi connectivity index (χ2n) is 8.44. The van der Waals surface area contributed by atoms with E-state index in [1.54, 1.807) is 23.1 Å². The van der Waals surface area contributed by atoms with Gasteiger partial charge in [-0.15, -0.1) is 0 Å². The molecule has 3 aromatic rings. The first-order valence-electron chi connectivity index (χ1n) is 10.8. The molecule has 5 rings (SSSR count). The van der Waals surface area contributed by atoms with E-state index in [4.69, 9.17) is 0 Å². The minimum absolute atomic E-state index is 0.110. The van der Waals surface area contributed by atoms with Crippen LogP contribution in [-0.4, -0.2) is 58.5 Å². The maximum absolute atomic E-state index is 14.1. The second kappa shape index (κ2) is 8.41. The van der Waals surface area contributed by atoms with Gasteiger partial charge in [-0.1, -0.05) is 48.5 Å². The van der Waals surface area contributed by atoms with Crippen molar-refractivity contribution in [1.29, 1.82) is 0 Å². The van der Waals surface area contributed by atoms with E-state index in [9.17, 15) is 23.5 Å². The van der Waals surface area contributed by atoms with Crippen LogP contribution in [0.5, 0.6) is 0 Å². The van der Waals surface area contributed by atoms with Crippen molar-refractivity contribution in [3.8, 4) is 11.1 Å². The third-order valence-electron chi connectivity index (χ3n) is 6.59. The predicted octanol–water partition coefficient (Wildman–Crippen LogP) is 3.44. The number of carbonyl (C=O) groups is 2. The zero-order chi connectivity index (χ0) is 23.1. The fourth-order valence-corrected chi connectivity index (χ4v) is 5.04. The Kier molecular flexibility index (Phi) is 5.42. The molecule has 168 valence electrons. The number of amides is 2. The molecule has 0 aliphatic carbocycles. The molecule has 0 radical (unpaired) electrons. The summed E-state index contributed by atoms with van der Waals surface area (Å²) in [7, 11) is 0. The van der Waals surface area contributed by atoms with Crippen LogP contribution in [0.4, 0.5) is 8.78 Å². The number of benzene rings is 3. The predicted molar refractivity (Wildman–Crippen MR) is 118 cm³/mol. The molecular weight excluding hydrogens is 426 g/mol. The Labute approximate surface area is 189 Å². The number of rotatable bonds is 4. The number of piperazine rings is 1. The van der Waals surface area contributed by atoms with Gasteiger partial charge in [-0.3, -0.25) is 9.59 Å². The van der Waals surface area contributed by atoms with Gasteiger partial charge < -0.3 is 14.9 Å². The van der Waals surface area contributed by atoms with E-state index < -0.39 is 11.7 Å². The van der Waals surface area contributed by atoms with Gasteiger partial charge in [-0.05, 0) is 35.4 Å². The fourth-order valence-electron chi connectivity index (χ4n) is 5.04. The summed E-state index contributed by atoms with van der Waals surface area (Å²) in [5, 5.41) is 9.96. The van der Waals surface area contributed by atoms with Gasteiger partial charge in [0.05, 0.1) is 18.7 Å². The molecule has 2 amide bonds. The Hall–Kier alpha value is -3.58. The van der Waals surface area contributed by atoms with E-state index in [-0.39, 0.29) is 55.0 Å². The first kappa shape index (κ1) is 21.3. The van der Waals surface area contributed by atoms with Gasteiger partial charge in [0.2, 0.25) is 5.91 Å². The number of hydrogen-bond acceptors (Lipinski definition) is 3. The highest BCUT2D eigenvalue weighted by Crippen LogP contribution is 2.43. The van der Waals surface area contributed by atoms with Crippen molar-refractivity contribution in [1.82, 2.24) is 9.80 Å². The maximum Gasteiger partial charge on any atom is 0.254 e. The molecule has 3 aromatic carbocycles.